The molecular formula is C20H22N4O8. The van der Waals surface area contributed by atoms with Crippen LogP contribution >= 0.6 is 0 Å². The zero-order valence-corrected chi connectivity index (χ0v) is 17.5. The third-order valence-corrected chi connectivity index (χ3v) is 3.72. The summed E-state index contributed by atoms with van der Waals surface area (Å²) in [5.41, 5.74) is 6.79. The van der Waals surface area contributed by atoms with Gasteiger partial charge in [-0.1, -0.05) is 0 Å². The van der Waals surface area contributed by atoms with Crippen LogP contribution in [0.25, 0.3) is 0 Å². The van der Waals surface area contributed by atoms with E-state index in [1.807, 2.05) is 0 Å². The summed E-state index contributed by atoms with van der Waals surface area (Å²) in [6.07, 6.45) is 0. The van der Waals surface area contributed by atoms with E-state index < -0.39 is 16.9 Å². The zero-order chi connectivity index (χ0) is 23.5. The van der Waals surface area contributed by atoms with Gasteiger partial charge in [0.15, 0.2) is 0 Å². The van der Waals surface area contributed by atoms with Crippen molar-refractivity contribution in [2.45, 2.75) is 13.8 Å². The number of hydrogen-bond acceptors (Lipinski definition) is 11. The number of nitrogens with two attached hydrogens (primary N) is 1. The highest BCUT2D eigenvalue weighted by atomic mass is 16.6. The van der Waals surface area contributed by atoms with Crippen molar-refractivity contribution in [3.05, 3.63) is 46.5 Å². The summed E-state index contributed by atoms with van der Waals surface area (Å²) in [7, 11) is 0. The van der Waals surface area contributed by atoms with Crippen LogP contribution in [-0.4, -0.2) is 43.3 Å². The van der Waals surface area contributed by atoms with E-state index in [4.69, 9.17) is 24.7 Å². The number of anilines is 1. The molecule has 0 spiro atoms. The predicted molar refractivity (Wildman–Crippen MR) is 112 cm³/mol. The van der Waals surface area contributed by atoms with E-state index in [1.165, 1.54) is 50.2 Å². The van der Waals surface area contributed by atoms with Gasteiger partial charge in [-0.2, -0.15) is 5.11 Å². The molecule has 12 nitrogen and oxygen atoms in total. The molecule has 0 fully saturated rings. The third kappa shape index (κ3) is 7.89. The van der Waals surface area contributed by atoms with E-state index in [2.05, 4.69) is 10.2 Å². The van der Waals surface area contributed by atoms with Crippen molar-refractivity contribution in [1.29, 1.82) is 0 Å². The molecule has 0 radical (unpaired) electrons. The van der Waals surface area contributed by atoms with Crippen LogP contribution in [0.3, 0.4) is 0 Å². The van der Waals surface area contributed by atoms with Crippen LogP contribution in [0, 0.1) is 10.1 Å². The molecule has 0 heterocycles. The van der Waals surface area contributed by atoms with Gasteiger partial charge in [-0.05, 0) is 12.1 Å². The average molecular weight is 446 g/mol. The van der Waals surface area contributed by atoms with Crippen LogP contribution in [0.1, 0.15) is 13.8 Å². The van der Waals surface area contributed by atoms with Crippen LogP contribution < -0.4 is 15.2 Å². The molecule has 0 aromatic heterocycles. The number of esters is 2. The lowest BCUT2D eigenvalue weighted by molar-refractivity contribution is -0.384. The molecule has 0 amide bonds. The second kappa shape index (κ2) is 11.8. The number of rotatable bonds is 11. The number of carbonyl (C=O) groups is 2. The molecule has 0 atom stereocenters. The fourth-order valence-electron chi connectivity index (χ4n) is 2.31. The summed E-state index contributed by atoms with van der Waals surface area (Å²) in [5, 5.41) is 18.9. The van der Waals surface area contributed by atoms with Gasteiger partial charge in [0.1, 0.15) is 43.6 Å². The van der Waals surface area contributed by atoms with E-state index in [9.17, 15) is 19.7 Å². The molecule has 2 N–H and O–H groups in total. The number of nitrogens with zero attached hydrogens (tertiary/aromatic N) is 3. The summed E-state index contributed by atoms with van der Waals surface area (Å²) >= 11 is 0. The molecule has 2 rings (SSSR count). The number of nitro benzene ring substituents is 1. The summed E-state index contributed by atoms with van der Waals surface area (Å²) in [6.45, 7) is 2.74. The lowest BCUT2D eigenvalue weighted by Crippen LogP contribution is -2.11. The van der Waals surface area contributed by atoms with Crippen molar-refractivity contribution in [2.75, 3.05) is 32.2 Å². The van der Waals surface area contributed by atoms with Gasteiger partial charge in [0.25, 0.3) is 5.69 Å². The lowest BCUT2D eigenvalue weighted by Gasteiger charge is -2.13. The van der Waals surface area contributed by atoms with E-state index in [1.54, 1.807) is 0 Å². The van der Waals surface area contributed by atoms with Gasteiger partial charge in [-0.25, -0.2) is 0 Å². The Labute approximate surface area is 183 Å². The fraction of sp³-hybridized carbons (Fsp3) is 0.300. The Bertz CT molecular complexity index is 992. The Morgan fingerprint density at radius 2 is 1.47 bits per heavy atom. The Hall–Kier alpha value is -4.22. The highest BCUT2D eigenvalue weighted by Gasteiger charge is 2.12. The van der Waals surface area contributed by atoms with Crippen molar-refractivity contribution >= 4 is 34.7 Å². The lowest BCUT2D eigenvalue weighted by atomic mass is 10.2. The molecular weight excluding hydrogens is 424 g/mol. The minimum absolute atomic E-state index is 0.0226. The van der Waals surface area contributed by atoms with E-state index in [0.717, 1.165) is 0 Å². The number of carbonyl (C=O) groups excluding carboxylic acids is 2. The smallest absolute Gasteiger partial charge is 0.302 e. The molecule has 0 bridgehead atoms. The molecule has 2 aromatic rings. The first-order valence-electron chi connectivity index (χ1n) is 9.38. The summed E-state index contributed by atoms with van der Waals surface area (Å²) < 4.78 is 20.8. The topological polar surface area (TPSA) is 165 Å². The third-order valence-electron chi connectivity index (χ3n) is 3.72. The molecule has 2 aromatic carbocycles. The quantitative estimate of drug-likeness (QED) is 0.136. The first-order valence-corrected chi connectivity index (χ1v) is 9.38. The van der Waals surface area contributed by atoms with Crippen molar-refractivity contribution in [1.82, 2.24) is 0 Å². The molecule has 0 saturated carbocycles. The molecule has 12 heteroatoms. The van der Waals surface area contributed by atoms with Gasteiger partial charge in [0.2, 0.25) is 0 Å². The van der Waals surface area contributed by atoms with Gasteiger partial charge in [-0.3, -0.25) is 19.7 Å². The second-order valence-corrected chi connectivity index (χ2v) is 6.21. The van der Waals surface area contributed by atoms with Crippen molar-refractivity contribution in [2.24, 2.45) is 10.2 Å². The Balaban J connectivity index is 2.21. The first kappa shape index (κ1) is 24.1. The number of non-ortho nitro benzene ring substituents is 1. The normalized spacial score (nSPS) is 10.6. The number of benzene rings is 2. The maximum absolute atomic E-state index is 10.9. The minimum atomic E-state index is -0.518. The van der Waals surface area contributed by atoms with Crippen LogP contribution in [0.2, 0.25) is 0 Å². The van der Waals surface area contributed by atoms with E-state index in [-0.39, 0.29) is 55.0 Å². The van der Waals surface area contributed by atoms with Crippen molar-refractivity contribution in [3.8, 4) is 11.5 Å². The molecule has 0 aliphatic rings. The first-order chi connectivity index (χ1) is 15.3. The Kier molecular flexibility index (Phi) is 8.90. The number of nitrogen functional groups attached to an aromatic ring is 1. The van der Waals surface area contributed by atoms with E-state index in [0.29, 0.717) is 5.69 Å². The predicted octanol–water partition coefficient (Wildman–Crippen LogP) is 3.48. The molecule has 0 aliphatic carbocycles. The second-order valence-electron chi connectivity index (χ2n) is 6.21. The number of ether oxygens (including phenoxy) is 4. The minimum Gasteiger partial charge on any atom is -0.488 e. The largest absolute Gasteiger partial charge is 0.488 e. The SMILES string of the molecule is CC(=O)OCCOc1cc(N=Nc2ccc([N+](=O)[O-])cc2)c(OCCOC(C)=O)cc1N. The maximum atomic E-state index is 10.9. The number of nitro groups is 1. The number of azo groups is 1. The highest BCUT2D eigenvalue weighted by molar-refractivity contribution is 5.67. The van der Waals surface area contributed by atoms with Crippen LogP contribution in [0.4, 0.5) is 22.7 Å². The zero-order valence-electron chi connectivity index (χ0n) is 17.5. The fourth-order valence-corrected chi connectivity index (χ4v) is 2.31. The standard InChI is InChI=1S/C20H22N4O8/c1-13(25)29-7-9-31-19-12-18(20(11-17(19)21)32-10-8-30-14(2)26)23-22-15-3-5-16(6-4-15)24(27)28/h3-6,11-12H,7-10,21H2,1-2H3. The monoisotopic (exact) mass is 446 g/mol. The summed E-state index contributed by atoms with van der Waals surface area (Å²) in [5.74, 6) is -0.354. The average Bonchev–Trinajstić information content (AvgIpc) is 2.74. The van der Waals surface area contributed by atoms with Crippen LogP contribution in [-0.2, 0) is 19.1 Å². The van der Waals surface area contributed by atoms with Crippen molar-refractivity contribution in [3.63, 3.8) is 0 Å². The van der Waals surface area contributed by atoms with Gasteiger partial charge in [0, 0.05) is 38.1 Å². The number of hydrogen-bond donors (Lipinski definition) is 1. The Morgan fingerprint density at radius 3 is 2.00 bits per heavy atom. The maximum Gasteiger partial charge on any atom is 0.302 e. The molecule has 0 aliphatic heterocycles. The van der Waals surface area contributed by atoms with Gasteiger partial charge < -0.3 is 24.7 Å². The van der Waals surface area contributed by atoms with Gasteiger partial charge >= 0.3 is 11.9 Å². The molecule has 170 valence electrons. The summed E-state index contributed by atoms with van der Waals surface area (Å²) in [6, 6.07) is 8.44. The van der Waals surface area contributed by atoms with Gasteiger partial charge in [0.05, 0.1) is 16.3 Å². The van der Waals surface area contributed by atoms with E-state index >= 15 is 0 Å². The summed E-state index contributed by atoms with van der Waals surface area (Å²) in [4.78, 5) is 32.0. The van der Waals surface area contributed by atoms with Crippen LogP contribution in [0.15, 0.2) is 46.6 Å². The molecule has 0 saturated heterocycles. The molecule has 0 unspecified atom stereocenters. The highest BCUT2D eigenvalue weighted by Crippen LogP contribution is 2.38. The van der Waals surface area contributed by atoms with Crippen LogP contribution in [0.5, 0.6) is 11.5 Å². The Morgan fingerprint density at radius 1 is 0.906 bits per heavy atom. The van der Waals surface area contributed by atoms with Crippen molar-refractivity contribution < 1.29 is 33.5 Å². The molecule has 32 heavy (non-hydrogen) atoms. The van der Waals surface area contributed by atoms with Gasteiger partial charge in [-0.15, -0.1) is 5.11 Å².